The number of aromatic nitrogens is 4. The van der Waals surface area contributed by atoms with Crippen molar-refractivity contribution in [1.82, 2.24) is 25.2 Å². The van der Waals surface area contributed by atoms with E-state index >= 15 is 0 Å². The number of carbonyl (C=O) groups is 1. The Kier molecular flexibility index (Phi) is 7.49. The van der Waals surface area contributed by atoms with Crippen LogP contribution in [0.15, 0.2) is 65.3 Å². The molecule has 0 unspecified atom stereocenters. The first kappa shape index (κ1) is 26.6. The number of nitrogens with zero attached hydrogens (tertiary/aromatic N) is 4. The third kappa shape index (κ3) is 5.57. The number of benzene rings is 2. The van der Waals surface area contributed by atoms with Gasteiger partial charge in [0, 0.05) is 24.1 Å². The Bertz CT molecular complexity index is 1420. The van der Waals surface area contributed by atoms with E-state index in [9.17, 15) is 28.2 Å². The Balaban J connectivity index is 1.34. The largest absolute Gasteiger partial charge is 0.434 e. The maximum absolute atomic E-state index is 14.0. The van der Waals surface area contributed by atoms with Crippen LogP contribution in [0.1, 0.15) is 43.0 Å². The van der Waals surface area contributed by atoms with Gasteiger partial charge < -0.3 is 20.1 Å². The molecule has 39 heavy (non-hydrogen) atoms. The number of amides is 1. The first-order valence-corrected chi connectivity index (χ1v) is 12.5. The molecule has 2 aromatic heterocycles. The van der Waals surface area contributed by atoms with Gasteiger partial charge in [0.25, 0.3) is 11.8 Å². The van der Waals surface area contributed by atoms with E-state index in [1.807, 2.05) is 0 Å². The second-order valence-electron chi connectivity index (χ2n) is 9.44. The minimum absolute atomic E-state index is 0.0278. The number of hydrogen-bond donors (Lipinski definition) is 3. The van der Waals surface area contributed by atoms with Crippen LogP contribution in [-0.4, -0.2) is 48.7 Å². The summed E-state index contributed by atoms with van der Waals surface area (Å²) in [6, 6.07) is 13.8. The van der Waals surface area contributed by atoms with Gasteiger partial charge in [-0.1, -0.05) is 60.5 Å². The van der Waals surface area contributed by atoms with E-state index in [2.05, 4.69) is 20.6 Å². The minimum Gasteiger partial charge on any atom is -0.396 e. The summed E-state index contributed by atoms with van der Waals surface area (Å²) >= 11 is 0. The number of aliphatic hydroxyl groups is 2. The van der Waals surface area contributed by atoms with E-state index in [4.69, 9.17) is 4.52 Å². The van der Waals surface area contributed by atoms with Gasteiger partial charge in [-0.3, -0.25) is 4.79 Å². The molecule has 3 N–H and O–H groups in total. The van der Waals surface area contributed by atoms with Crippen LogP contribution < -0.4 is 5.32 Å². The molecule has 1 aliphatic carbocycles. The Morgan fingerprint density at radius 3 is 2.51 bits per heavy atom. The van der Waals surface area contributed by atoms with E-state index < -0.39 is 23.9 Å². The molecule has 4 aromatic rings. The van der Waals surface area contributed by atoms with Crippen LogP contribution in [0, 0.1) is 5.92 Å². The van der Waals surface area contributed by atoms with Crippen molar-refractivity contribution in [2.45, 2.75) is 44.0 Å². The van der Waals surface area contributed by atoms with Crippen molar-refractivity contribution in [1.29, 1.82) is 0 Å². The molecule has 0 bridgehead atoms. The zero-order valence-electron chi connectivity index (χ0n) is 20.7. The average Bonchev–Trinajstić information content (AvgIpc) is 3.61. The van der Waals surface area contributed by atoms with E-state index in [0.29, 0.717) is 11.1 Å². The number of aliphatic hydroxyl groups excluding tert-OH is 2. The Morgan fingerprint density at radius 2 is 1.82 bits per heavy atom. The maximum atomic E-state index is 14.0. The first-order valence-electron chi connectivity index (χ1n) is 12.5. The molecule has 12 heteroatoms. The van der Waals surface area contributed by atoms with Crippen LogP contribution >= 0.6 is 0 Å². The predicted molar refractivity (Wildman–Crippen MR) is 133 cm³/mol. The number of nitrogens with one attached hydrogen (secondary N) is 1. The lowest BCUT2D eigenvalue weighted by Gasteiger charge is -2.31. The molecule has 1 aliphatic rings. The summed E-state index contributed by atoms with van der Waals surface area (Å²) in [4.78, 5) is 16.8. The average molecular weight is 542 g/mol. The number of hydrogen-bond acceptors (Lipinski definition) is 7. The van der Waals surface area contributed by atoms with Crippen molar-refractivity contribution >= 4 is 5.91 Å². The Hall–Kier alpha value is -4.03. The van der Waals surface area contributed by atoms with Crippen molar-refractivity contribution in [3.8, 4) is 28.5 Å². The third-order valence-electron chi connectivity index (χ3n) is 6.90. The van der Waals surface area contributed by atoms with Crippen LogP contribution in [0.4, 0.5) is 13.2 Å². The van der Waals surface area contributed by atoms with E-state index in [0.717, 1.165) is 36.6 Å². The molecule has 2 aromatic carbocycles. The minimum atomic E-state index is -4.75. The van der Waals surface area contributed by atoms with Gasteiger partial charge in [-0.2, -0.15) is 23.3 Å². The number of alkyl halides is 3. The lowest BCUT2D eigenvalue weighted by molar-refractivity contribution is -0.142. The molecule has 204 valence electrons. The fourth-order valence-electron chi connectivity index (χ4n) is 4.84. The van der Waals surface area contributed by atoms with Gasteiger partial charge >= 0.3 is 6.18 Å². The van der Waals surface area contributed by atoms with Gasteiger partial charge in [0.2, 0.25) is 5.82 Å². The van der Waals surface area contributed by atoms with Crippen molar-refractivity contribution in [3.63, 3.8) is 0 Å². The quantitative estimate of drug-likeness (QED) is 0.318. The molecule has 0 aliphatic heterocycles. The van der Waals surface area contributed by atoms with E-state index in [-0.39, 0.29) is 41.5 Å². The summed E-state index contributed by atoms with van der Waals surface area (Å²) in [6.45, 7) is -0.0278. The normalized spacial score (nSPS) is 18.6. The molecular formula is C27H26F3N5O4. The van der Waals surface area contributed by atoms with Gasteiger partial charge in [-0.25, -0.2) is 4.68 Å². The second-order valence-corrected chi connectivity index (χ2v) is 9.44. The molecule has 9 nitrogen and oxygen atoms in total. The lowest BCUT2D eigenvalue weighted by Crippen LogP contribution is -2.45. The molecule has 0 saturated heterocycles. The summed E-state index contributed by atoms with van der Waals surface area (Å²) in [5.41, 5.74) is -0.449. The molecule has 1 saturated carbocycles. The van der Waals surface area contributed by atoms with Crippen LogP contribution in [0.3, 0.4) is 0 Å². The smallest absolute Gasteiger partial charge is 0.396 e. The summed E-state index contributed by atoms with van der Waals surface area (Å²) < 4.78 is 47.9. The highest BCUT2D eigenvalue weighted by Crippen LogP contribution is 2.38. The Labute approximate surface area is 221 Å². The van der Waals surface area contributed by atoms with Crippen molar-refractivity contribution in [2.75, 3.05) is 6.61 Å². The first-order chi connectivity index (χ1) is 18.8. The molecular weight excluding hydrogens is 515 g/mol. The monoisotopic (exact) mass is 541 g/mol. The molecule has 0 radical (unpaired) electrons. The summed E-state index contributed by atoms with van der Waals surface area (Å²) in [7, 11) is 0. The zero-order chi connectivity index (χ0) is 27.6. The van der Waals surface area contributed by atoms with Crippen LogP contribution in [0.5, 0.6) is 0 Å². The third-order valence-corrected chi connectivity index (χ3v) is 6.90. The highest BCUT2D eigenvalue weighted by atomic mass is 19.4. The fraction of sp³-hybridized carbons (Fsp3) is 0.333. The second kappa shape index (κ2) is 11.0. The molecule has 3 atom stereocenters. The number of carbonyl (C=O) groups excluding carboxylic acids is 1. The van der Waals surface area contributed by atoms with Gasteiger partial charge in [0.15, 0.2) is 11.8 Å². The van der Waals surface area contributed by atoms with Crippen molar-refractivity contribution in [3.05, 3.63) is 72.1 Å². The van der Waals surface area contributed by atoms with Crippen molar-refractivity contribution < 1.29 is 32.7 Å². The number of rotatable bonds is 7. The van der Waals surface area contributed by atoms with Crippen LogP contribution in [0.2, 0.25) is 0 Å². The van der Waals surface area contributed by atoms with Crippen LogP contribution in [0.25, 0.3) is 28.5 Å². The zero-order valence-corrected chi connectivity index (χ0v) is 20.7. The predicted octanol–water partition coefficient (Wildman–Crippen LogP) is 4.31. The maximum Gasteiger partial charge on any atom is 0.434 e. The van der Waals surface area contributed by atoms with Crippen LogP contribution in [-0.2, 0) is 11.0 Å². The summed E-state index contributed by atoms with van der Waals surface area (Å²) in [5.74, 6) is -0.926. The van der Waals surface area contributed by atoms with E-state index in [1.165, 1.54) is 36.4 Å². The molecule has 5 rings (SSSR count). The highest BCUT2D eigenvalue weighted by molar-refractivity contribution is 5.82. The van der Waals surface area contributed by atoms with Gasteiger partial charge in [-0.15, -0.1) is 0 Å². The summed E-state index contributed by atoms with van der Waals surface area (Å²) in [5, 5.41) is 30.7. The standard InChI is InChI=1S/C27H26F3N5O4/c28-27(29,30)23-20(14-31-35(23)19-7-2-1-3-8-19)26-33-24(34-39-26)17-12-10-16(11-13-17)22(37)25(38)32-21-9-5-4-6-18(21)15-36/h1-3,7-8,10-14,18,21-22,36-37H,4-6,9,15H2,(H,32,38)/t18-,21+,22+/m0/s1. The molecule has 2 heterocycles. The molecule has 1 amide bonds. The lowest BCUT2D eigenvalue weighted by atomic mass is 9.85. The fourth-order valence-corrected chi connectivity index (χ4v) is 4.84. The number of para-hydroxylation sites is 1. The number of halogens is 3. The topological polar surface area (TPSA) is 126 Å². The van der Waals surface area contributed by atoms with Gasteiger partial charge in [0.1, 0.15) is 0 Å². The Morgan fingerprint density at radius 1 is 1.10 bits per heavy atom. The summed E-state index contributed by atoms with van der Waals surface area (Å²) in [6.07, 6.45) is -1.66. The molecule has 0 spiro atoms. The molecule has 1 fully saturated rings. The van der Waals surface area contributed by atoms with Gasteiger partial charge in [0.05, 0.1) is 17.4 Å². The van der Waals surface area contributed by atoms with Crippen molar-refractivity contribution in [2.24, 2.45) is 5.92 Å². The highest BCUT2D eigenvalue weighted by Gasteiger charge is 2.40. The SMILES string of the molecule is O=C(N[C@@H]1CCCC[C@H]1CO)[C@H](O)c1ccc(-c2noc(-c3cnn(-c4ccccc4)c3C(F)(F)F)n2)cc1. The van der Waals surface area contributed by atoms with E-state index in [1.54, 1.807) is 18.2 Å². The van der Waals surface area contributed by atoms with Gasteiger partial charge in [-0.05, 0) is 30.5 Å².